The topological polar surface area (TPSA) is 84.0 Å². The van der Waals surface area contributed by atoms with Gasteiger partial charge in [0.1, 0.15) is 0 Å². The van der Waals surface area contributed by atoms with Gasteiger partial charge in [-0.05, 0) is 44.2 Å². The van der Waals surface area contributed by atoms with Gasteiger partial charge in [0.25, 0.3) is 15.9 Å². The molecule has 0 atom stereocenters. The van der Waals surface area contributed by atoms with Crippen LogP contribution >= 0.6 is 0 Å². The van der Waals surface area contributed by atoms with Gasteiger partial charge in [0.2, 0.25) is 0 Å². The molecule has 1 amide bonds. The number of ether oxygens (including phenoxy) is 1. The van der Waals surface area contributed by atoms with Crippen molar-refractivity contribution in [2.24, 2.45) is 0 Å². The minimum absolute atomic E-state index is 0.0510. The molecule has 0 heterocycles. The summed E-state index contributed by atoms with van der Waals surface area (Å²) in [6, 6.07) is 14.2. The highest BCUT2D eigenvalue weighted by molar-refractivity contribution is 7.92. The van der Waals surface area contributed by atoms with E-state index < -0.39 is 22.6 Å². The summed E-state index contributed by atoms with van der Waals surface area (Å²) in [5, 5.41) is 0. The van der Waals surface area contributed by atoms with Crippen LogP contribution in [0, 0.1) is 0 Å². The van der Waals surface area contributed by atoms with E-state index in [1.807, 2.05) is 13.8 Å². The summed E-state index contributed by atoms with van der Waals surface area (Å²) >= 11 is 0. The van der Waals surface area contributed by atoms with Crippen LogP contribution in [-0.4, -0.2) is 51.4 Å². The van der Waals surface area contributed by atoms with Crippen molar-refractivity contribution in [2.75, 3.05) is 30.5 Å². The van der Waals surface area contributed by atoms with Gasteiger partial charge >= 0.3 is 5.97 Å². The molecule has 2 aromatic rings. The van der Waals surface area contributed by atoms with Gasteiger partial charge in [-0.15, -0.1) is 6.58 Å². The molecular formula is C22H26N2O5S. The molecule has 0 saturated carbocycles. The van der Waals surface area contributed by atoms with Crippen LogP contribution in [0.5, 0.6) is 0 Å². The molecule has 0 N–H and O–H groups in total. The fraction of sp³-hybridized carbons (Fsp3) is 0.273. The van der Waals surface area contributed by atoms with Crippen molar-refractivity contribution in [3.8, 4) is 0 Å². The number of benzene rings is 2. The van der Waals surface area contributed by atoms with Gasteiger partial charge in [-0.1, -0.05) is 30.3 Å². The van der Waals surface area contributed by atoms with Crippen LogP contribution in [0.3, 0.4) is 0 Å². The van der Waals surface area contributed by atoms with Crippen molar-refractivity contribution in [3.63, 3.8) is 0 Å². The molecule has 0 aliphatic carbocycles. The number of amides is 1. The first-order chi connectivity index (χ1) is 14.3. The van der Waals surface area contributed by atoms with E-state index in [1.54, 1.807) is 35.2 Å². The predicted octanol–water partition coefficient (Wildman–Crippen LogP) is 3.09. The second-order valence-electron chi connectivity index (χ2n) is 6.33. The van der Waals surface area contributed by atoms with Crippen molar-refractivity contribution in [3.05, 3.63) is 72.8 Å². The van der Waals surface area contributed by atoms with Crippen molar-refractivity contribution < 1.29 is 22.7 Å². The van der Waals surface area contributed by atoms with Gasteiger partial charge in [-0.2, -0.15) is 0 Å². The van der Waals surface area contributed by atoms with Crippen molar-refractivity contribution in [2.45, 2.75) is 18.7 Å². The Kier molecular flexibility index (Phi) is 8.17. The highest BCUT2D eigenvalue weighted by atomic mass is 32.2. The number of para-hydroxylation sites is 1. The minimum Gasteiger partial charge on any atom is -0.452 e. The molecule has 0 aliphatic heterocycles. The number of hydrogen-bond acceptors (Lipinski definition) is 5. The second kappa shape index (κ2) is 10.6. The lowest BCUT2D eigenvalue weighted by molar-refractivity contribution is -0.134. The highest BCUT2D eigenvalue weighted by Gasteiger charge is 2.25. The van der Waals surface area contributed by atoms with E-state index in [2.05, 4.69) is 6.58 Å². The summed E-state index contributed by atoms with van der Waals surface area (Å²) in [7, 11) is -3.95. The van der Waals surface area contributed by atoms with Gasteiger partial charge in [0, 0.05) is 13.1 Å². The lowest BCUT2D eigenvalue weighted by Gasteiger charge is -2.23. The average molecular weight is 431 g/mol. The standard InChI is InChI=1S/C22H26N2O5S/c1-4-15-24(19-12-8-7-9-13-19)30(27,28)20-14-10-11-18(16-20)22(26)29-17-21(25)23(5-2)6-3/h4,7-14,16H,1,5-6,15,17H2,2-3H3. The maximum Gasteiger partial charge on any atom is 0.338 e. The van der Waals surface area contributed by atoms with E-state index in [4.69, 9.17) is 4.74 Å². The Morgan fingerprint density at radius 1 is 1.03 bits per heavy atom. The van der Waals surface area contributed by atoms with Gasteiger partial charge in [-0.3, -0.25) is 9.10 Å². The Hall–Kier alpha value is -3.13. The van der Waals surface area contributed by atoms with E-state index in [1.165, 1.54) is 34.6 Å². The third-order valence-corrected chi connectivity index (χ3v) is 6.23. The number of sulfonamides is 1. The molecule has 8 heteroatoms. The molecule has 0 unspecified atom stereocenters. The molecule has 0 saturated heterocycles. The second-order valence-corrected chi connectivity index (χ2v) is 8.19. The Morgan fingerprint density at radius 3 is 2.30 bits per heavy atom. The monoisotopic (exact) mass is 430 g/mol. The van der Waals surface area contributed by atoms with Crippen molar-refractivity contribution in [1.82, 2.24) is 4.90 Å². The van der Waals surface area contributed by atoms with Gasteiger partial charge in [0.05, 0.1) is 22.7 Å². The molecule has 2 rings (SSSR count). The molecule has 2 aromatic carbocycles. The molecular weight excluding hydrogens is 404 g/mol. The highest BCUT2D eigenvalue weighted by Crippen LogP contribution is 2.24. The number of esters is 1. The molecule has 30 heavy (non-hydrogen) atoms. The summed E-state index contributed by atoms with van der Waals surface area (Å²) in [6.07, 6.45) is 1.49. The number of carbonyl (C=O) groups is 2. The summed E-state index contributed by atoms with van der Waals surface area (Å²) in [4.78, 5) is 25.9. The zero-order valence-corrected chi connectivity index (χ0v) is 18.0. The maximum absolute atomic E-state index is 13.2. The zero-order chi connectivity index (χ0) is 22.1. The fourth-order valence-corrected chi connectivity index (χ4v) is 4.32. The smallest absolute Gasteiger partial charge is 0.338 e. The van der Waals surface area contributed by atoms with E-state index in [9.17, 15) is 18.0 Å². The number of likely N-dealkylation sites (N-methyl/N-ethyl adjacent to an activating group) is 1. The molecule has 0 radical (unpaired) electrons. The quantitative estimate of drug-likeness (QED) is 0.427. The van der Waals surface area contributed by atoms with Crippen LogP contribution in [0.2, 0.25) is 0 Å². The molecule has 0 aliphatic rings. The Bertz CT molecular complexity index is 986. The van der Waals surface area contributed by atoms with Crippen molar-refractivity contribution in [1.29, 1.82) is 0 Å². The first-order valence-corrected chi connectivity index (χ1v) is 11.0. The van der Waals surface area contributed by atoms with Gasteiger partial charge in [0.15, 0.2) is 6.61 Å². The number of carbonyl (C=O) groups excluding carboxylic acids is 2. The molecule has 0 spiro atoms. The van der Waals surface area contributed by atoms with Crippen LogP contribution in [-0.2, 0) is 19.6 Å². The first kappa shape index (κ1) is 23.2. The summed E-state index contributed by atoms with van der Waals surface area (Å²) in [6.45, 7) is 7.99. The van der Waals surface area contributed by atoms with Crippen LogP contribution in [0.25, 0.3) is 0 Å². The van der Waals surface area contributed by atoms with Crippen LogP contribution in [0.1, 0.15) is 24.2 Å². The maximum atomic E-state index is 13.2. The molecule has 0 bridgehead atoms. The molecule has 0 aromatic heterocycles. The first-order valence-electron chi connectivity index (χ1n) is 9.58. The lowest BCUT2D eigenvalue weighted by Crippen LogP contribution is -2.34. The number of hydrogen-bond donors (Lipinski definition) is 0. The fourth-order valence-electron chi connectivity index (χ4n) is 2.84. The lowest BCUT2D eigenvalue weighted by atomic mass is 10.2. The average Bonchev–Trinajstić information content (AvgIpc) is 2.77. The Labute approximate surface area is 177 Å². The minimum atomic E-state index is -3.95. The van der Waals surface area contributed by atoms with Gasteiger partial charge in [-0.25, -0.2) is 13.2 Å². The SMILES string of the molecule is C=CCN(c1ccccc1)S(=O)(=O)c1cccc(C(=O)OCC(=O)N(CC)CC)c1. The number of rotatable bonds is 10. The predicted molar refractivity (Wildman–Crippen MR) is 116 cm³/mol. The molecule has 0 fully saturated rings. The zero-order valence-electron chi connectivity index (χ0n) is 17.2. The van der Waals surface area contributed by atoms with Crippen LogP contribution < -0.4 is 4.31 Å². The Morgan fingerprint density at radius 2 is 1.70 bits per heavy atom. The molecule has 160 valence electrons. The van der Waals surface area contributed by atoms with E-state index in [0.29, 0.717) is 18.8 Å². The summed E-state index contributed by atoms with van der Waals surface area (Å²) < 4.78 is 32.7. The van der Waals surface area contributed by atoms with E-state index >= 15 is 0 Å². The van der Waals surface area contributed by atoms with Crippen molar-refractivity contribution >= 4 is 27.6 Å². The normalized spacial score (nSPS) is 10.9. The molecule has 7 nitrogen and oxygen atoms in total. The number of nitrogens with zero attached hydrogens (tertiary/aromatic N) is 2. The van der Waals surface area contributed by atoms with Gasteiger partial charge < -0.3 is 9.64 Å². The number of anilines is 1. The van der Waals surface area contributed by atoms with E-state index in [-0.39, 0.29) is 22.9 Å². The third kappa shape index (κ3) is 5.48. The summed E-state index contributed by atoms with van der Waals surface area (Å²) in [5.74, 6) is -1.07. The van der Waals surface area contributed by atoms with E-state index in [0.717, 1.165) is 0 Å². The Balaban J connectivity index is 2.25. The largest absolute Gasteiger partial charge is 0.452 e. The van der Waals surface area contributed by atoms with Crippen LogP contribution in [0.4, 0.5) is 5.69 Å². The summed E-state index contributed by atoms with van der Waals surface area (Å²) in [5.41, 5.74) is 0.533. The van der Waals surface area contributed by atoms with Crippen LogP contribution in [0.15, 0.2) is 72.1 Å². The third-order valence-electron chi connectivity index (χ3n) is 4.44.